The predicted octanol–water partition coefficient (Wildman–Crippen LogP) is 4.65. The van der Waals surface area contributed by atoms with Crippen molar-refractivity contribution < 1.29 is 10.0 Å². The largest absolute Gasteiger partial charge is 1.00 e. The van der Waals surface area contributed by atoms with Gasteiger partial charge in [0.1, 0.15) is 6.54 Å². The molecule has 1 aromatic rings. The number of hydrogen-bond acceptors (Lipinski definition) is 0. The fraction of sp³-hybridized carbons (Fsp3) is 0.778. The number of unbranched alkanes of at least 4 members (excludes halogenated alkanes) is 14. The molecule has 0 saturated heterocycles. The molecule has 2 N–H and O–H groups in total. The molecule has 1 rings (SSSR count). The topological polar surface area (TPSA) is 16.6 Å². The highest BCUT2D eigenvalue weighted by Crippen LogP contribution is 2.14. The first-order chi connectivity index (χ1) is 13.8. The third kappa shape index (κ3) is 20.2. The molecule has 0 unspecified atom stereocenters. The smallest absolute Gasteiger partial charge is 0.101 e. The zero-order valence-electron chi connectivity index (χ0n) is 19.6. The standard InChI is InChI=1S/C27H49N.FH/c1-26(2)21-17-14-12-10-8-6-4-3-5-7-9-11-13-15-20-24-28-25-27-22-18-16-19-23-27;/h16,18-19,22-23,26,28H,3-15,17,20-21,24-25H2,1-2H3;1H. The molecule has 0 aliphatic heterocycles. The van der Waals surface area contributed by atoms with Crippen molar-refractivity contribution in [2.45, 2.75) is 123 Å². The Kier molecular flexibility index (Phi) is 21.1. The first kappa shape index (κ1) is 28.1. The Morgan fingerprint density at radius 1 is 0.586 bits per heavy atom. The molecule has 0 amide bonds. The predicted molar refractivity (Wildman–Crippen MR) is 126 cm³/mol. The van der Waals surface area contributed by atoms with Gasteiger partial charge in [-0.05, 0) is 18.8 Å². The Morgan fingerprint density at radius 2 is 1.00 bits per heavy atom. The van der Waals surface area contributed by atoms with Gasteiger partial charge in [0.2, 0.25) is 0 Å². The lowest BCUT2D eigenvalue weighted by Crippen LogP contribution is -3.00. The molecule has 29 heavy (non-hydrogen) atoms. The molecule has 0 heterocycles. The summed E-state index contributed by atoms with van der Waals surface area (Å²) >= 11 is 0. The Hall–Kier alpha value is -0.890. The Morgan fingerprint density at radius 3 is 1.45 bits per heavy atom. The lowest BCUT2D eigenvalue weighted by atomic mass is 10.0. The average molecular weight is 408 g/mol. The zero-order chi connectivity index (χ0) is 20.1. The van der Waals surface area contributed by atoms with Gasteiger partial charge in [0.25, 0.3) is 0 Å². The minimum atomic E-state index is 0. The van der Waals surface area contributed by atoms with Crippen molar-refractivity contribution in [3.05, 3.63) is 35.9 Å². The summed E-state index contributed by atoms with van der Waals surface area (Å²) in [5.41, 5.74) is 1.45. The molecule has 0 aliphatic rings. The van der Waals surface area contributed by atoms with Crippen molar-refractivity contribution in [2.75, 3.05) is 6.54 Å². The monoisotopic (exact) mass is 407 g/mol. The van der Waals surface area contributed by atoms with Crippen LogP contribution in [0.15, 0.2) is 30.3 Å². The van der Waals surface area contributed by atoms with E-state index in [4.69, 9.17) is 0 Å². The maximum atomic E-state index is 2.46. The Labute approximate surface area is 181 Å². The first-order valence-electron chi connectivity index (χ1n) is 12.6. The molecule has 0 radical (unpaired) electrons. The maximum absolute atomic E-state index is 2.46. The fourth-order valence-corrected chi connectivity index (χ4v) is 4.02. The summed E-state index contributed by atoms with van der Waals surface area (Å²) in [4.78, 5) is 0. The van der Waals surface area contributed by atoms with Gasteiger partial charge in [-0.1, -0.05) is 134 Å². The highest BCUT2D eigenvalue weighted by molar-refractivity contribution is 5.12. The van der Waals surface area contributed by atoms with E-state index in [1.54, 1.807) is 0 Å². The van der Waals surface area contributed by atoms with Gasteiger partial charge in [-0.3, -0.25) is 0 Å². The molecule has 0 aliphatic carbocycles. The molecular formula is C27H50FN. The fourth-order valence-electron chi connectivity index (χ4n) is 4.02. The van der Waals surface area contributed by atoms with Gasteiger partial charge in [-0.2, -0.15) is 0 Å². The van der Waals surface area contributed by atoms with E-state index in [1.165, 1.54) is 115 Å². The van der Waals surface area contributed by atoms with Gasteiger partial charge in [0, 0.05) is 5.56 Å². The van der Waals surface area contributed by atoms with Crippen LogP contribution in [0, 0.1) is 5.92 Å². The van der Waals surface area contributed by atoms with Crippen LogP contribution in [0.5, 0.6) is 0 Å². The van der Waals surface area contributed by atoms with Crippen molar-refractivity contribution in [3.8, 4) is 0 Å². The van der Waals surface area contributed by atoms with Crippen molar-refractivity contribution in [3.63, 3.8) is 0 Å². The van der Waals surface area contributed by atoms with E-state index >= 15 is 0 Å². The quantitative estimate of drug-likeness (QED) is 0.303. The third-order valence-electron chi connectivity index (χ3n) is 5.91. The summed E-state index contributed by atoms with van der Waals surface area (Å²) in [7, 11) is 0. The second-order valence-electron chi connectivity index (χ2n) is 9.25. The normalized spacial score (nSPS) is 11.0. The molecule has 1 nitrogen and oxygen atoms in total. The molecule has 1 aromatic carbocycles. The van der Waals surface area contributed by atoms with E-state index in [-0.39, 0.29) is 4.70 Å². The van der Waals surface area contributed by atoms with Crippen LogP contribution in [-0.2, 0) is 6.54 Å². The summed E-state index contributed by atoms with van der Waals surface area (Å²) in [5, 5.41) is 2.46. The van der Waals surface area contributed by atoms with Crippen molar-refractivity contribution >= 4 is 0 Å². The van der Waals surface area contributed by atoms with Crippen LogP contribution in [0.1, 0.15) is 122 Å². The van der Waals surface area contributed by atoms with E-state index in [0.717, 1.165) is 12.5 Å². The third-order valence-corrected chi connectivity index (χ3v) is 5.91. The maximum Gasteiger partial charge on any atom is 0.101 e. The second-order valence-corrected chi connectivity index (χ2v) is 9.25. The zero-order valence-corrected chi connectivity index (χ0v) is 19.6. The molecule has 0 bridgehead atoms. The lowest BCUT2D eigenvalue weighted by molar-refractivity contribution is -0.671. The van der Waals surface area contributed by atoms with Gasteiger partial charge in [-0.15, -0.1) is 0 Å². The van der Waals surface area contributed by atoms with Crippen molar-refractivity contribution in [1.29, 1.82) is 0 Å². The molecule has 0 spiro atoms. The molecule has 0 aromatic heterocycles. The molecule has 0 atom stereocenters. The number of benzene rings is 1. The van der Waals surface area contributed by atoms with E-state index in [2.05, 4.69) is 49.5 Å². The summed E-state index contributed by atoms with van der Waals surface area (Å²) in [6.45, 7) is 7.10. The van der Waals surface area contributed by atoms with Gasteiger partial charge in [0.15, 0.2) is 0 Å². The number of nitrogens with two attached hydrogens (primary N) is 1. The van der Waals surface area contributed by atoms with E-state index < -0.39 is 0 Å². The highest BCUT2D eigenvalue weighted by Gasteiger charge is 1.97. The van der Waals surface area contributed by atoms with Crippen molar-refractivity contribution in [1.82, 2.24) is 0 Å². The van der Waals surface area contributed by atoms with Crippen LogP contribution < -0.4 is 10.0 Å². The SMILES string of the molecule is CC(C)CCCCCCCCCCCCCCCCC[NH2+]Cc1ccccc1.[F-]. The molecule has 0 fully saturated rings. The summed E-state index contributed by atoms with van der Waals surface area (Å²) in [5.74, 6) is 0.892. The van der Waals surface area contributed by atoms with Crippen LogP contribution in [0.3, 0.4) is 0 Å². The van der Waals surface area contributed by atoms with Gasteiger partial charge < -0.3 is 10.0 Å². The molecular weight excluding hydrogens is 357 g/mol. The van der Waals surface area contributed by atoms with E-state index in [9.17, 15) is 0 Å². The molecule has 0 saturated carbocycles. The van der Waals surface area contributed by atoms with Gasteiger partial charge in [-0.25, -0.2) is 0 Å². The van der Waals surface area contributed by atoms with E-state index in [1.807, 2.05) is 0 Å². The summed E-state index contributed by atoms with van der Waals surface area (Å²) < 4.78 is 0. The molecule has 170 valence electrons. The average Bonchev–Trinajstić information content (AvgIpc) is 2.70. The minimum Gasteiger partial charge on any atom is -1.00 e. The highest BCUT2D eigenvalue weighted by atomic mass is 19.0. The van der Waals surface area contributed by atoms with Crippen LogP contribution in [0.2, 0.25) is 0 Å². The summed E-state index contributed by atoms with van der Waals surface area (Å²) in [6, 6.07) is 10.8. The number of rotatable bonds is 20. The van der Waals surface area contributed by atoms with Crippen LogP contribution in [0.4, 0.5) is 0 Å². The number of hydrogen-bond donors (Lipinski definition) is 1. The number of halogens is 1. The first-order valence-corrected chi connectivity index (χ1v) is 12.6. The number of quaternary nitrogens is 1. The Balaban J connectivity index is 0.00000784. The Bertz CT molecular complexity index is 418. The second kappa shape index (κ2) is 21.8. The van der Waals surface area contributed by atoms with Crippen LogP contribution in [-0.4, -0.2) is 6.54 Å². The minimum absolute atomic E-state index is 0. The lowest BCUT2D eigenvalue weighted by Gasteiger charge is -2.05. The van der Waals surface area contributed by atoms with Crippen LogP contribution >= 0.6 is 0 Å². The van der Waals surface area contributed by atoms with E-state index in [0.29, 0.717) is 0 Å². The van der Waals surface area contributed by atoms with Gasteiger partial charge >= 0.3 is 0 Å². The van der Waals surface area contributed by atoms with Crippen molar-refractivity contribution in [2.24, 2.45) is 5.92 Å². The van der Waals surface area contributed by atoms with Gasteiger partial charge in [0.05, 0.1) is 6.54 Å². The van der Waals surface area contributed by atoms with Crippen LogP contribution in [0.25, 0.3) is 0 Å². The molecule has 2 heteroatoms. The summed E-state index contributed by atoms with van der Waals surface area (Å²) in [6.07, 6.45) is 23.3.